The molecule has 3 N–H and O–H groups in total. The second-order valence-corrected chi connectivity index (χ2v) is 5.35. The second kappa shape index (κ2) is 6.56. The summed E-state index contributed by atoms with van der Waals surface area (Å²) in [5.41, 5.74) is 6.48. The molecule has 0 spiro atoms. The van der Waals surface area contributed by atoms with Gasteiger partial charge in [-0.15, -0.1) is 0 Å². The number of Topliss-reactive ketones (excluding diaryl/α,β-unsaturated/α-hetero) is 1. The van der Waals surface area contributed by atoms with Crippen molar-refractivity contribution in [1.29, 1.82) is 0 Å². The van der Waals surface area contributed by atoms with Crippen LogP contribution in [-0.4, -0.2) is 24.3 Å². The van der Waals surface area contributed by atoms with Gasteiger partial charge < -0.3 is 15.8 Å². The summed E-state index contributed by atoms with van der Waals surface area (Å²) in [6.07, 6.45) is 0. The molecule has 0 bridgehead atoms. The van der Waals surface area contributed by atoms with Gasteiger partial charge in [-0.05, 0) is 32.9 Å². The van der Waals surface area contributed by atoms with Crippen LogP contribution in [0.15, 0.2) is 16.6 Å². The summed E-state index contributed by atoms with van der Waals surface area (Å²) in [4.78, 5) is 23.1. The number of benzene rings is 1. The number of rotatable bonds is 5. The molecule has 104 valence electrons. The second-order valence-electron chi connectivity index (χ2n) is 4.44. The zero-order valence-electron chi connectivity index (χ0n) is 11.1. The SMILES string of the molecule is CC(=O)c1cc(Br)cc(N)c1OCC(=O)NC(C)C. The summed E-state index contributed by atoms with van der Waals surface area (Å²) < 4.78 is 6.06. The molecular formula is C13H17BrN2O3. The number of amides is 1. The Bertz CT molecular complexity index is 501. The van der Waals surface area contributed by atoms with E-state index in [9.17, 15) is 9.59 Å². The van der Waals surface area contributed by atoms with Crippen LogP contribution in [0.2, 0.25) is 0 Å². The van der Waals surface area contributed by atoms with Crippen LogP contribution in [0.3, 0.4) is 0 Å². The van der Waals surface area contributed by atoms with Gasteiger partial charge in [0.1, 0.15) is 0 Å². The molecule has 19 heavy (non-hydrogen) atoms. The van der Waals surface area contributed by atoms with Crippen LogP contribution in [0.5, 0.6) is 5.75 Å². The molecular weight excluding hydrogens is 312 g/mol. The predicted octanol–water partition coefficient (Wildman–Crippen LogP) is 2.14. The highest BCUT2D eigenvalue weighted by Gasteiger charge is 2.15. The molecule has 0 saturated carbocycles. The predicted molar refractivity (Wildman–Crippen MR) is 77.3 cm³/mol. The number of hydrogen-bond donors (Lipinski definition) is 2. The third-order valence-electron chi connectivity index (χ3n) is 2.26. The van der Waals surface area contributed by atoms with Crippen LogP contribution >= 0.6 is 15.9 Å². The van der Waals surface area contributed by atoms with Crippen LogP contribution in [0.1, 0.15) is 31.1 Å². The van der Waals surface area contributed by atoms with Gasteiger partial charge in [0.25, 0.3) is 5.91 Å². The Morgan fingerprint density at radius 1 is 1.42 bits per heavy atom. The molecule has 1 aromatic carbocycles. The van der Waals surface area contributed by atoms with Crippen LogP contribution in [0, 0.1) is 0 Å². The van der Waals surface area contributed by atoms with Crippen LogP contribution in [0.25, 0.3) is 0 Å². The number of hydrogen-bond acceptors (Lipinski definition) is 4. The van der Waals surface area contributed by atoms with Crippen molar-refractivity contribution in [2.75, 3.05) is 12.3 Å². The number of carbonyl (C=O) groups is 2. The number of anilines is 1. The Labute approximate surface area is 120 Å². The summed E-state index contributed by atoms with van der Waals surface area (Å²) in [6, 6.07) is 3.28. The van der Waals surface area contributed by atoms with E-state index in [1.807, 2.05) is 13.8 Å². The summed E-state index contributed by atoms with van der Waals surface area (Å²) in [5.74, 6) is -0.186. The smallest absolute Gasteiger partial charge is 0.258 e. The third kappa shape index (κ3) is 4.55. The van der Waals surface area contributed by atoms with Crippen molar-refractivity contribution in [1.82, 2.24) is 5.32 Å². The van der Waals surface area contributed by atoms with E-state index in [-0.39, 0.29) is 30.1 Å². The minimum absolute atomic E-state index is 0.0330. The molecule has 0 heterocycles. The summed E-state index contributed by atoms with van der Waals surface area (Å²) in [7, 11) is 0. The lowest BCUT2D eigenvalue weighted by Crippen LogP contribution is -2.34. The Morgan fingerprint density at radius 3 is 2.58 bits per heavy atom. The van der Waals surface area contributed by atoms with Gasteiger partial charge in [-0.2, -0.15) is 0 Å². The van der Waals surface area contributed by atoms with Gasteiger partial charge in [-0.3, -0.25) is 9.59 Å². The summed E-state index contributed by atoms with van der Waals surface area (Å²) in [6.45, 7) is 4.95. The lowest BCUT2D eigenvalue weighted by atomic mass is 10.1. The molecule has 1 amide bonds. The number of carbonyl (C=O) groups excluding carboxylic acids is 2. The molecule has 0 radical (unpaired) electrons. The first-order valence-electron chi connectivity index (χ1n) is 5.83. The van der Waals surface area contributed by atoms with Crippen LogP contribution in [-0.2, 0) is 4.79 Å². The highest BCUT2D eigenvalue weighted by molar-refractivity contribution is 9.10. The zero-order valence-corrected chi connectivity index (χ0v) is 12.7. The van der Waals surface area contributed by atoms with E-state index in [4.69, 9.17) is 10.5 Å². The van der Waals surface area contributed by atoms with E-state index >= 15 is 0 Å². The van der Waals surface area contributed by atoms with E-state index in [1.54, 1.807) is 12.1 Å². The van der Waals surface area contributed by atoms with E-state index < -0.39 is 0 Å². The van der Waals surface area contributed by atoms with E-state index in [0.29, 0.717) is 15.7 Å². The van der Waals surface area contributed by atoms with Gasteiger partial charge in [-0.1, -0.05) is 15.9 Å². The van der Waals surface area contributed by atoms with Crippen LogP contribution in [0.4, 0.5) is 5.69 Å². The molecule has 0 unspecified atom stereocenters. The van der Waals surface area contributed by atoms with Gasteiger partial charge >= 0.3 is 0 Å². The fraction of sp³-hybridized carbons (Fsp3) is 0.385. The minimum atomic E-state index is -0.258. The van der Waals surface area contributed by atoms with Crippen molar-refractivity contribution < 1.29 is 14.3 Å². The fourth-order valence-corrected chi connectivity index (χ4v) is 2.01. The molecule has 0 atom stereocenters. The van der Waals surface area contributed by atoms with Crippen molar-refractivity contribution in [2.24, 2.45) is 0 Å². The highest BCUT2D eigenvalue weighted by Crippen LogP contribution is 2.31. The molecule has 5 nitrogen and oxygen atoms in total. The van der Waals surface area contributed by atoms with Crippen molar-refractivity contribution in [2.45, 2.75) is 26.8 Å². The third-order valence-corrected chi connectivity index (χ3v) is 2.72. The maximum absolute atomic E-state index is 11.5. The van der Waals surface area contributed by atoms with Gasteiger partial charge in [0.2, 0.25) is 0 Å². The molecule has 1 aromatic rings. The van der Waals surface area contributed by atoms with Crippen LogP contribution < -0.4 is 15.8 Å². The van der Waals surface area contributed by atoms with E-state index in [0.717, 1.165) is 0 Å². The molecule has 0 saturated heterocycles. The standard InChI is InChI=1S/C13H17BrN2O3/c1-7(2)16-12(18)6-19-13-10(8(3)17)4-9(14)5-11(13)15/h4-5,7H,6,15H2,1-3H3,(H,16,18). The maximum atomic E-state index is 11.5. The Hall–Kier alpha value is -1.56. The molecule has 0 fully saturated rings. The molecule has 0 aliphatic rings. The maximum Gasteiger partial charge on any atom is 0.258 e. The average Bonchev–Trinajstić information content (AvgIpc) is 2.25. The highest BCUT2D eigenvalue weighted by atomic mass is 79.9. The topological polar surface area (TPSA) is 81.4 Å². The zero-order chi connectivity index (χ0) is 14.6. The van der Waals surface area contributed by atoms with Gasteiger partial charge in [-0.25, -0.2) is 0 Å². The monoisotopic (exact) mass is 328 g/mol. The Kier molecular flexibility index (Phi) is 5.35. The normalized spacial score (nSPS) is 10.4. The van der Waals surface area contributed by atoms with Gasteiger partial charge in [0.05, 0.1) is 11.3 Å². The Balaban J connectivity index is 2.89. The first-order valence-corrected chi connectivity index (χ1v) is 6.62. The molecule has 0 aromatic heterocycles. The number of ketones is 1. The lowest BCUT2D eigenvalue weighted by Gasteiger charge is -2.14. The largest absolute Gasteiger partial charge is 0.481 e. The van der Waals surface area contributed by atoms with E-state index in [2.05, 4.69) is 21.2 Å². The first kappa shape index (κ1) is 15.5. The number of ether oxygens (including phenoxy) is 1. The van der Waals surface area contributed by atoms with Crippen molar-refractivity contribution in [3.8, 4) is 5.75 Å². The molecule has 0 aliphatic heterocycles. The number of nitrogen functional groups attached to an aromatic ring is 1. The van der Waals surface area contributed by atoms with Gasteiger partial charge in [0.15, 0.2) is 18.1 Å². The van der Waals surface area contributed by atoms with Crippen molar-refractivity contribution in [3.63, 3.8) is 0 Å². The molecule has 1 rings (SSSR count). The first-order chi connectivity index (χ1) is 8.81. The quantitative estimate of drug-likeness (QED) is 0.640. The molecule has 6 heteroatoms. The summed E-state index contributed by atoms with van der Waals surface area (Å²) >= 11 is 3.26. The molecule has 0 aliphatic carbocycles. The van der Waals surface area contributed by atoms with Crippen molar-refractivity contribution >= 4 is 33.3 Å². The number of nitrogens with one attached hydrogen (secondary N) is 1. The van der Waals surface area contributed by atoms with Crippen molar-refractivity contribution in [3.05, 3.63) is 22.2 Å². The average molecular weight is 329 g/mol. The lowest BCUT2D eigenvalue weighted by molar-refractivity contribution is -0.123. The Morgan fingerprint density at radius 2 is 2.05 bits per heavy atom. The van der Waals surface area contributed by atoms with Gasteiger partial charge in [0, 0.05) is 10.5 Å². The minimum Gasteiger partial charge on any atom is -0.481 e. The van der Waals surface area contributed by atoms with E-state index in [1.165, 1.54) is 6.92 Å². The fourth-order valence-electron chi connectivity index (χ4n) is 1.54. The number of nitrogens with two attached hydrogens (primary N) is 1. The summed E-state index contributed by atoms with van der Waals surface area (Å²) in [5, 5.41) is 2.69. The number of halogens is 1.